The van der Waals surface area contributed by atoms with Gasteiger partial charge in [-0.15, -0.1) is 0 Å². The number of nitrogens with zero attached hydrogens (tertiary/aromatic N) is 4. The Morgan fingerprint density at radius 3 is 2.75 bits per heavy atom. The van der Waals surface area contributed by atoms with Crippen LogP contribution in [0.2, 0.25) is 0 Å². The molecule has 2 aliphatic heterocycles. The van der Waals surface area contributed by atoms with Crippen LogP contribution in [0.25, 0.3) is 11.5 Å². The second-order valence-electron chi connectivity index (χ2n) is 6.58. The highest BCUT2D eigenvalue weighted by Gasteiger charge is 2.61. The minimum Gasteiger partial charge on any atom is -0.374 e. The van der Waals surface area contributed by atoms with E-state index < -0.39 is 11.9 Å². The zero-order valence-corrected chi connectivity index (χ0v) is 12.9. The molecule has 0 radical (unpaired) electrons. The molecule has 5 rings (SSSR count). The van der Waals surface area contributed by atoms with E-state index in [1.165, 1.54) is 7.05 Å². The number of hydrogen-bond acceptors (Lipinski definition) is 6. The molecule has 0 aromatic carbocycles. The quantitative estimate of drug-likeness (QED) is 0.911. The predicted molar refractivity (Wildman–Crippen MR) is 74.8 cm³/mol. The molecule has 2 bridgehead atoms. The number of alkyl halides is 3. The lowest BCUT2D eigenvalue weighted by Gasteiger charge is -2.57. The van der Waals surface area contributed by atoms with Crippen molar-refractivity contribution in [3.05, 3.63) is 17.7 Å². The molecule has 1 saturated carbocycles. The molecule has 2 N–H and O–H groups in total. The van der Waals surface area contributed by atoms with Crippen LogP contribution in [0.15, 0.2) is 10.6 Å². The first kappa shape index (κ1) is 15.6. The summed E-state index contributed by atoms with van der Waals surface area (Å²) in [6.45, 7) is 0.977. The molecular formula is C14H16F3N5O2. The molecule has 2 saturated heterocycles. The zero-order chi connectivity index (χ0) is 17.2. The monoisotopic (exact) mass is 343 g/mol. The lowest BCUT2D eigenvalue weighted by atomic mass is 9.55. The van der Waals surface area contributed by atoms with Crippen molar-refractivity contribution in [1.82, 2.24) is 19.9 Å². The van der Waals surface area contributed by atoms with E-state index in [1.807, 2.05) is 0 Å². The number of aromatic nitrogens is 4. The van der Waals surface area contributed by atoms with Crippen molar-refractivity contribution < 1.29 is 22.4 Å². The molecule has 2 aromatic rings. The van der Waals surface area contributed by atoms with E-state index in [9.17, 15) is 13.2 Å². The second-order valence-corrected chi connectivity index (χ2v) is 6.58. The fourth-order valence-corrected chi connectivity index (χ4v) is 3.74. The molecule has 7 nitrogen and oxygen atoms in total. The van der Waals surface area contributed by atoms with Crippen LogP contribution in [0.1, 0.15) is 30.8 Å². The molecule has 0 amide bonds. The van der Waals surface area contributed by atoms with Crippen LogP contribution >= 0.6 is 0 Å². The highest BCUT2D eigenvalue weighted by Crippen LogP contribution is 2.57. The SMILES string of the molecule is Cn1nc(C(F)(F)F)cc1-c1noc(C23CCOC(CN)(C2)C3)n1. The van der Waals surface area contributed by atoms with Gasteiger partial charge in [0.2, 0.25) is 11.7 Å². The van der Waals surface area contributed by atoms with Gasteiger partial charge in [0.05, 0.1) is 11.0 Å². The van der Waals surface area contributed by atoms with Crippen LogP contribution in [0.5, 0.6) is 0 Å². The molecule has 24 heavy (non-hydrogen) atoms. The number of aryl methyl sites for hydroxylation is 1. The first-order valence-corrected chi connectivity index (χ1v) is 7.57. The molecular weight excluding hydrogens is 327 g/mol. The Morgan fingerprint density at radius 2 is 2.12 bits per heavy atom. The average molecular weight is 343 g/mol. The number of hydrogen-bond donors (Lipinski definition) is 1. The van der Waals surface area contributed by atoms with Crippen molar-refractivity contribution >= 4 is 0 Å². The van der Waals surface area contributed by atoms with E-state index >= 15 is 0 Å². The summed E-state index contributed by atoms with van der Waals surface area (Å²) < 4.78 is 50.5. The Kier molecular flexibility index (Phi) is 3.11. The standard InChI is InChI=1S/C14H16F3N5O2/c1-22-8(4-9(20-22)14(15,16)17)10-19-11(24-21-10)12-2-3-23-13(5-12,6-12)7-18/h4H,2-3,5-7,18H2,1H3. The molecule has 1 aliphatic carbocycles. The number of halogens is 3. The van der Waals surface area contributed by atoms with E-state index in [1.54, 1.807) is 0 Å². The van der Waals surface area contributed by atoms with Crippen molar-refractivity contribution in [2.75, 3.05) is 13.2 Å². The molecule has 0 unspecified atom stereocenters. The third-order valence-electron chi connectivity index (χ3n) is 4.96. The average Bonchev–Trinajstić information content (AvgIpc) is 3.12. The van der Waals surface area contributed by atoms with Gasteiger partial charge < -0.3 is 15.0 Å². The van der Waals surface area contributed by atoms with Crippen LogP contribution in [-0.2, 0) is 23.4 Å². The Bertz CT molecular complexity index is 776. The molecule has 3 aliphatic rings. The summed E-state index contributed by atoms with van der Waals surface area (Å²) in [7, 11) is 1.41. The molecule has 130 valence electrons. The fraction of sp³-hybridized carbons (Fsp3) is 0.643. The van der Waals surface area contributed by atoms with Crippen LogP contribution in [0, 0.1) is 0 Å². The largest absolute Gasteiger partial charge is 0.435 e. The molecule has 0 spiro atoms. The normalized spacial score (nSPS) is 29.5. The van der Waals surface area contributed by atoms with Crippen LogP contribution in [-0.4, -0.2) is 38.7 Å². The lowest BCUT2D eigenvalue weighted by Crippen LogP contribution is -2.64. The van der Waals surface area contributed by atoms with E-state index in [0.29, 0.717) is 31.9 Å². The van der Waals surface area contributed by atoms with Gasteiger partial charge in [0.25, 0.3) is 0 Å². The number of fused-ring (bicyclic) bond motifs is 2. The van der Waals surface area contributed by atoms with Crippen LogP contribution in [0.4, 0.5) is 13.2 Å². The molecule has 4 heterocycles. The Hall–Kier alpha value is -1.94. The van der Waals surface area contributed by atoms with Crippen molar-refractivity contribution in [3.8, 4) is 11.5 Å². The fourth-order valence-electron chi connectivity index (χ4n) is 3.74. The summed E-state index contributed by atoms with van der Waals surface area (Å²) in [6, 6.07) is 0.918. The van der Waals surface area contributed by atoms with Crippen molar-refractivity contribution in [2.45, 2.75) is 36.5 Å². The molecule has 0 atom stereocenters. The van der Waals surface area contributed by atoms with Gasteiger partial charge in [0.15, 0.2) is 5.69 Å². The predicted octanol–water partition coefficient (Wildman–Crippen LogP) is 1.64. The Labute approximate surface area is 135 Å². The van der Waals surface area contributed by atoms with Crippen molar-refractivity contribution in [2.24, 2.45) is 12.8 Å². The highest BCUT2D eigenvalue weighted by molar-refractivity contribution is 5.50. The van der Waals surface area contributed by atoms with Crippen LogP contribution in [0.3, 0.4) is 0 Å². The first-order valence-electron chi connectivity index (χ1n) is 7.57. The number of ether oxygens (including phenoxy) is 1. The first-order chi connectivity index (χ1) is 11.3. The highest BCUT2D eigenvalue weighted by atomic mass is 19.4. The van der Waals surface area contributed by atoms with Gasteiger partial charge in [-0.3, -0.25) is 4.68 Å². The van der Waals surface area contributed by atoms with Gasteiger partial charge in [-0.1, -0.05) is 5.16 Å². The van der Waals surface area contributed by atoms with Gasteiger partial charge in [0, 0.05) is 20.2 Å². The third kappa shape index (κ3) is 2.16. The van der Waals surface area contributed by atoms with E-state index in [0.717, 1.165) is 17.2 Å². The minimum atomic E-state index is -4.52. The second kappa shape index (κ2) is 4.79. The van der Waals surface area contributed by atoms with Crippen molar-refractivity contribution in [1.29, 1.82) is 0 Å². The maximum absolute atomic E-state index is 12.8. The van der Waals surface area contributed by atoms with E-state index in [-0.39, 0.29) is 22.5 Å². The summed E-state index contributed by atoms with van der Waals surface area (Å²) in [5, 5.41) is 7.31. The van der Waals surface area contributed by atoms with Gasteiger partial charge >= 0.3 is 6.18 Å². The number of nitrogens with two attached hydrogens (primary N) is 1. The molecule has 2 aromatic heterocycles. The summed E-state index contributed by atoms with van der Waals surface area (Å²) in [4.78, 5) is 4.33. The Morgan fingerprint density at radius 1 is 1.38 bits per heavy atom. The zero-order valence-electron chi connectivity index (χ0n) is 12.9. The summed E-state index contributed by atoms with van der Waals surface area (Å²) in [5.74, 6) is 0.529. The summed E-state index contributed by atoms with van der Waals surface area (Å²) >= 11 is 0. The maximum atomic E-state index is 12.8. The summed E-state index contributed by atoms with van der Waals surface area (Å²) in [6.07, 6.45) is -2.40. The minimum absolute atomic E-state index is 0.0987. The van der Waals surface area contributed by atoms with Crippen molar-refractivity contribution in [3.63, 3.8) is 0 Å². The smallest absolute Gasteiger partial charge is 0.374 e. The van der Waals surface area contributed by atoms with Crippen LogP contribution < -0.4 is 5.73 Å². The lowest BCUT2D eigenvalue weighted by molar-refractivity contribution is -0.193. The van der Waals surface area contributed by atoms with Gasteiger partial charge in [-0.2, -0.15) is 23.3 Å². The molecule has 10 heteroatoms. The van der Waals surface area contributed by atoms with E-state index in [2.05, 4.69) is 15.2 Å². The summed E-state index contributed by atoms with van der Waals surface area (Å²) in [5.41, 5.74) is 4.32. The van der Waals surface area contributed by atoms with E-state index in [4.69, 9.17) is 15.0 Å². The van der Waals surface area contributed by atoms with Gasteiger partial charge in [-0.25, -0.2) is 0 Å². The van der Waals surface area contributed by atoms with Gasteiger partial charge in [-0.05, 0) is 25.3 Å². The van der Waals surface area contributed by atoms with Gasteiger partial charge in [0.1, 0.15) is 5.69 Å². The molecule has 3 fully saturated rings. The Balaban J connectivity index is 1.64. The third-order valence-corrected chi connectivity index (χ3v) is 4.96. The maximum Gasteiger partial charge on any atom is 0.435 e. The number of rotatable bonds is 3. The topological polar surface area (TPSA) is 92.0 Å².